The molecule has 4 N–H and O–H groups in total. The summed E-state index contributed by atoms with van der Waals surface area (Å²) in [6.07, 6.45) is -2.30. The van der Waals surface area contributed by atoms with Crippen LogP contribution in [0, 0.1) is 0 Å². The fraction of sp³-hybridized carbons (Fsp3) is 0.500. The number of sulfonamides is 1. The van der Waals surface area contributed by atoms with Crippen molar-refractivity contribution in [3.8, 4) is 0 Å². The zero-order chi connectivity index (χ0) is 13.8. The van der Waals surface area contributed by atoms with Gasteiger partial charge in [-0.15, -0.1) is 11.3 Å². The summed E-state index contributed by atoms with van der Waals surface area (Å²) in [6.45, 7) is 0.0438. The van der Waals surface area contributed by atoms with E-state index < -0.39 is 22.2 Å². The molecule has 0 amide bonds. The molecule has 1 aromatic rings. The smallest absolute Gasteiger partial charge is 0.247 e. The van der Waals surface area contributed by atoms with Crippen LogP contribution in [0.4, 0.5) is 0 Å². The van der Waals surface area contributed by atoms with Gasteiger partial charge in [-0.25, -0.2) is 13.6 Å². The molecule has 0 spiro atoms. The predicted molar refractivity (Wildman–Crippen MR) is 65.3 cm³/mol. The molecule has 0 aliphatic rings. The number of nitrogens with two attached hydrogens (primary N) is 1. The normalized spacial score (nSPS) is 14.8. The molecule has 0 bridgehead atoms. The van der Waals surface area contributed by atoms with Gasteiger partial charge in [0.05, 0.1) is 6.10 Å². The first-order valence-corrected chi connectivity index (χ1v) is 7.22. The molecule has 0 radical (unpaired) electrons. The SMILES string of the molecule is [N-]=[N+]=NCCC(O)C(O)c1ccc(S(N)(=O)=O)s1. The minimum absolute atomic E-state index is 0.0438. The zero-order valence-electron chi connectivity index (χ0n) is 9.17. The minimum atomic E-state index is -3.80. The van der Waals surface area contributed by atoms with Crippen LogP contribution in [0.3, 0.4) is 0 Å². The van der Waals surface area contributed by atoms with Crippen LogP contribution >= 0.6 is 11.3 Å². The monoisotopic (exact) mass is 292 g/mol. The highest BCUT2D eigenvalue weighted by molar-refractivity contribution is 7.91. The molecule has 0 aliphatic carbocycles. The summed E-state index contributed by atoms with van der Waals surface area (Å²) in [5.41, 5.74) is 8.06. The quantitative estimate of drug-likeness (QED) is 0.397. The summed E-state index contributed by atoms with van der Waals surface area (Å²) >= 11 is 0.789. The van der Waals surface area contributed by atoms with Gasteiger partial charge in [0.25, 0.3) is 0 Å². The molecule has 1 aromatic heterocycles. The van der Waals surface area contributed by atoms with Gasteiger partial charge in [0.2, 0.25) is 10.0 Å². The van der Waals surface area contributed by atoms with Crippen molar-refractivity contribution in [2.24, 2.45) is 10.3 Å². The van der Waals surface area contributed by atoms with Gasteiger partial charge in [0.1, 0.15) is 10.3 Å². The third kappa shape index (κ3) is 3.95. The summed E-state index contributed by atoms with van der Waals surface area (Å²) < 4.78 is 22.0. The van der Waals surface area contributed by atoms with E-state index in [-0.39, 0.29) is 22.1 Å². The summed E-state index contributed by atoms with van der Waals surface area (Å²) in [4.78, 5) is 2.80. The summed E-state index contributed by atoms with van der Waals surface area (Å²) in [7, 11) is -3.80. The van der Waals surface area contributed by atoms with Crippen molar-refractivity contribution in [3.63, 3.8) is 0 Å². The van der Waals surface area contributed by atoms with Gasteiger partial charge in [-0.1, -0.05) is 5.11 Å². The summed E-state index contributed by atoms with van der Waals surface area (Å²) in [5, 5.41) is 27.5. The molecule has 1 heterocycles. The first kappa shape index (κ1) is 14.9. The van der Waals surface area contributed by atoms with Crippen molar-refractivity contribution in [3.05, 3.63) is 27.5 Å². The van der Waals surface area contributed by atoms with Crippen molar-refractivity contribution in [2.45, 2.75) is 22.8 Å². The van der Waals surface area contributed by atoms with E-state index in [0.717, 1.165) is 11.3 Å². The summed E-state index contributed by atoms with van der Waals surface area (Å²) in [5.74, 6) is 0. The Morgan fingerprint density at radius 2 is 2.17 bits per heavy atom. The Morgan fingerprint density at radius 1 is 1.50 bits per heavy atom. The molecular formula is C8H12N4O4S2. The molecule has 0 saturated carbocycles. The Hall–Kier alpha value is -1.16. The van der Waals surface area contributed by atoms with Crippen LogP contribution in [0.2, 0.25) is 0 Å². The Balaban J connectivity index is 2.75. The van der Waals surface area contributed by atoms with Crippen LogP contribution < -0.4 is 5.14 Å². The van der Waals surface area contributed by atoms with Crippen molar-refractivity contribution < 1.29 is 18.6 Å². The molecule has 10 heteroatoms. The number of aliphatic hydroxyl groups excluding tert-OH is 2. The molecule has 2 unspecified atom stereocenters. The van der Waals surface area contributed by atoms with Crippen LogP contribution in [0.25, 0.3) is 10.4 Å². The maximum atomic E-state index is 11.0. The van der Waals surface area contributed by atoms with Crippen LogP contribution in [-0.4, -0.2) is 31.3 Å². The van der Waals surface area contributed by atoms with Crippen LogP contribution in [0.1, 0.15) is 17.4 Å². The fourth-order valence-electron chi connectivity index (χ4n) is 1.23. The van der Waals surface area contributed by atoms with Crippen molar-refractivity contribution in [1.82, 2.24) is 0 Å². The lowest BCUT2D eigenvalue weighted by Crippen LogP contribution is -2.18. The Bertz CT molecular complexity index is 549. The van der Waals surface area contributed by atoms with Crippen molar-refractivity contribution in [1.29, 1.82) is 0 Å². The minimum Gasteiger partial charge on any atom is -0.390 e. The van der Waals surface area contributed by atoms with Gasteiger partial charge < -0.3 is 10.2 Å². The average molecular weight is 292 g/mol. The second-order valence-corrected chi connectivity index (χ2v) is 6.36. The second kappa shape index (κ2) is 6.14. The van der Waals surface area contributed by atoms with Gasteiger partial charge >= 0.3 is 0 Å². The average Bonchev–Trinajstić information content (AvgIpc) is 2.77. The number of hydrogen-bond acceptors (Lipinski definition) is 6. The van der Waals surface area contributed by atoms with E-state index in [1.165, 1.54) is 12.1 Å². The van der Waals surface area contributed by atoms with Crippen molar-refractivity contribution in [2.75, 3.05) is 6.54 Å². The maximum absolute atomic E-state index is 11.0. The number of azide groups is 1. The third-order valence-electron chi connectivity index (χ3n) is 2.13. The van der Waals surface area contributed by atoms with Crippen molar-refractivity contribution >= 4 is 21.4 Å². The van der Waals surface area contributed by atoms with E-state index in [1.807, 2.05) is 0 Å². The summed E-state index contributed by atoms with van der Waals surface area (Å²) in [6, 6.07) is 2.64. The standard InChI is InChI=1S/C8H12N4O4S2/c9-12-11-4-3-5(13)8(14)6-1-2-7(17-6)18(10,15)16/h1-2,5,8,13-14H,3-4H2,(H2,10,15,16). The highest BCUT2D eigenvalue weighted by Crippen LogP contribution is 2.28. The lowest BCUT2D eigenvalue weighted by atomic mass is 10.1. The molecule has 8 nitrogen and oxygen atoms in total. The zero-order valence-corrected chi connectivity index (χ0v) is 10.8. The molecule has 0 fully saturated rings. The molecule has 100 valence electrons. The highest BCUT2D eigenvalue weighted by atomic mass is 32.2. The largest absolute Gasteiger partial charge is 0.390 e. The van der Waals surface area contributed by atoms with E-state index in [4.69, 9.17) is 10.7 Å². The van der Waals surface area contributed by atoms with Gasteiger partial charge in [-0.05, 0) is 24.1 Å². The van der Waals surface area contributed by atoms with E-state index in [2.05, 4.69) is 10.0 Å². The fourth-order valence-corrected chi connectivity index (χ4v) is 3.02. The first-order valence-electron chi connectivity index (χ1n) is 4.85. The number of nitrogens with zero attached hydrogens (tertiary/aromatic N) is 3. The van der Waals surface area contributed by atoms with E-state index in [0.29, 0.717) is 0 Å². The number of primary sulfonamides is 1. The molecule has 0 aromatic carbocycles. The maximum Gasteiger partial charge on any atom is 0.247 e. The van der Waals surface area contributed by atoms with E-state index >= 15 is 0 Å². The van der Waals surface area contributed by atoms with Gasteiger partial charge in [0, 0.05) is 16.3 Å². The lowest BCUT2D eigenvalue weighted by molar-refractivity contribution is 0.0172. The van der Waals surface area contributed by atoms with E-state index in [9.17, 15) is 18.6 Å². The Labute approximate surface area is 107 Å². The molecule has 2 atom stereocenters. The Kier molecular flexibility index (Phi) is 5.08. The number of aliphatic hydroxyl groups is 2. The van der Waals surface area contributed by atoms with Gasteiger partial charge in [-0.3, -0.25) is 0 Å². The topological polar surface area (TPSA) is 149 Å². The molecular weight excluding hydrogens is 280 g/mol. The molecule has 0 aliphatic heterocycles. The Morgan fingerprint density at radius 3 is 2.67 bits per heavy atom. The predicted octanol–water partition coefficient (Wildman–Crippen LogP) is 0.490. The van der Waals surface area contributed by atoms with Gasteiger partial charge in [0.15, 0.2) is 0 Å². The molecule has 0 saturated heterocycles. The van der Waals surface area contributed by atoms with E-state index in [1.54, 1.807) is 0 Å². The lowest BCUT2D eigenvalue weighted by Gasteiger charge is -2.15. The molecule has 18 heavy (non-hydrogen) atoms. The second-order valence-electron chi connectivity index (χ2n) is 3.46. The first-order chi connectivity index (χ1) is 8.36. The van der Waals surface area contributed by atoms with Crippen LogP contribution in [0.5, 0.6) is 0 Å². The highest BCUT2D eigenvalue weighted by Gasteiger charge is 2.21. The van der Waals surface area contributed by atoms with Crippen LogP contribution in [-0.2, 0) is 10.0 Å². The molecule has 1 rings (SSSR count). The number of rotatable bonds is 6. The number of thiophene rings is 1. The van der Waals surface area contributed by atoms with Gasteiger partial charge in [-0.2, -0.15) is 0 Å². The third-order valence-corrected chi connectivity index (χ3v) is 4.72. The van der Waals surface area contributed by atoms with Crippen LogP contribution in [0.15, 0.2) is 21.5 Å². The number of hydrogen-bond donors (Lipinski definition) is 3.